The normalized spacial score (nSPS) is 11.3. The highest BCUT2D eigenvalue weighted by atomic mass is 19.4. The van der Waals surface area contributed by atoms with E-state index in [1.54, 1.807) is 24.3 Å². The van der Waals surface area contributed by atoms with Crippen LogP contribution in [-0.2, 0) is 11.3 Å². The van der Waals surface area contributed by atoms with E-state index in [0.717, 1.165) is 5.56 Å². The van der Waals surface area contributed by atoms with Crippen molar-refractivity contribution in [3.63, 3.8) is 0 Å². The molecule has 0 aromatic heterocycles. The van der Waals surface area contributed by atoms with Crippen molar-refractivity contribution >= 4 is 12.0 Å². The SMILES string of the molecule is CC=Cc1ccc(OCC(=O)NCc2cccc(OCC(F)(F)F)c2)c(OC)c1. The molecule has 1 amide bonds. The Labute approximate surface area is 167 Å². The molecule has 0 spiro atoms. The van der Waals surface area contributed by atoms with Crippen LogP contribution in [0.4, 0.5) is 13.2 Å². The smallest absolute Gasteiger partial charge is 0.422 e. The number of carbonyl (C=O) groups excluding carboxylic acids is 1. The lowest BCUT2D eigenvalue weighted by atomic mass is 10.2. The Bertz CT molecular complexity index is 850. The van der Waals surface area contributed by atoms with Crippen molar-refractivity contribution in [2.45, 2.75) is 19.6 Å². The zero-order valence-corrected chi connectivity index (χ0v) is 16.1. The number of halogens is 3. The first-order valence-corrected chi connectivity index (χ1v) is 8.79. The molecule has 2 rings (SSSR count). The summed E-state index contributed by atoms with van der Waals surface area (Å²) in [7, 11) is 1.51. The lowest BCUT2D eigenvalue weighted by molar-refractivity contribution is -0.153. The van der Waals surface area contributed by atoms with Gasteiger partial charge in [-0.25, -0.2) is 0 Å². The molecule has 0 bridgehead atoms. The van der Waals surface area contributed by atoms with Crippen molar-refractivity contribution in [2.24, 2.45) is 0 Å². The van der Waals surface area contributed by atoms with E-state index >= 15 is 0 Å². The van der Waals surface area contributed by atoms with Gasteiger partial charge >= 0.3 is 6.18 Å². The fourth-order valence-electron chi connectivity index (χ4n) is 2.40. The van der Waals surface area contributed by atoms with Gasteiger partial charge in [-0.15, -0.1) is 0 Å². The van der Waals surface area contributed by atoms with E-state index in [2.05, 4.69) is 5.32 Å². The van der Waals surface area contributed by atoms with Gasteiger partial charge < -0.3 is 19.5 Å². The number of ether oxygens (including phenoxy) is 3. The molecule has 8 heteroatoms. The molecule has 156 valence electrons. The number of rotatable bonds is 9. The van der Waals surface area contributed by atoms with Crippen LogP contribution in [0.25, 0.3) is 6.08 Å². The maximum absolute atomic E-state index is 12.2. The number of allylic oxidation sites excluding steroid dienone is 1. The Morgan fingerprint density at radius 1 is 1.10 bits per heavy atom. The molecule has 0 aliphatic heterocycles. The maximum atomic E-state index is 12.2. The maximum Gasteiger partial charge on any atom is 0.422 e. The summed E-state index contributed by atoms with van der Waals surface area (Å²) in [6.07, 6.45) is -0.606. The van der Waals surface area contributed by atoms with Gasteiger partial charge in [-0.3, -0.25) is 4.79 Å². The number of hydrogen-bond donors (Lipinski definition) is 1. The first kappa shape index (κ1) is 22.1. The lowest BCUT2D eigenvalue weighted by Crippen LogP contribution is -2.28. The lowest BCUT2D eigenvalue weighted by Gasteiger charge is -2.12. The van der Waals surface area contributed by atoms with Crippen LogP contribution in [0, 0.1) is 0 Å². The number of methoxy groups -OCH3 is 1. The quantitative estimate of drug-likeness (QED) is 0.669. The van der Waals surface area contributed by atoms with E-state index in [1.165, 1.54) is 19.2 Å². The Morgan fingerprint density at radius 2 is 1.90 bits per heavy atom. The average Bonchev–Trinajstić information content (AvgIpc) is 2.69. The molecular weight excluding hydrogens is 387 g/mol. The first-order chi connectivity index (χ1) is 13.8. The Hall–Kier alpha value is -3.16. The van der Waals surface area contributed by atoms with Crippen molar-refractivity contribution in [2.75, 3.05) is 20.3 Å². The number of amides is 1. The molecule has 29 heavy (non-hydrogen) atoms. The summed E-state index contributed by atoms with van der Waals surface area (Å²) in [6.45, 7) is 0.428. The van der Waals surface area contributed by atoms with Crippen LogP contribution in [0.5, 0.6) is 17.2 Å². The van der Waals surface area contributed by atoms with Gasteiger partial charge in [0.05, 0.1) is 7.11 Å². The second kappa shape index (κ2) is 10.4. The van der Waals surface area contributed by atoms with Crippen molar-refractivity contribution in [3.05, 3.63) is 59.7 Å². The number of nitrogens with one attached hydrogen (secondary N) is 1. The molecule has 0 atom stereocenters. The second-order valence-electron chi connectivity index (χ2n) is 6.03. The summed E-state index contributed by atoms with van der Waals surface area (Å²) < 4.78 is 52.1. The largest absolute Gasteiger partial charge is 0.493 e. The highest BCUT2D eigenvalue weighted by Crippen LogP contribution is 2.28. The monoisotopic (exact) mass is 409 g/mol. The molecule has 5 nitrogen and oxygen atoms in total. The minimum atomic E-state index is -4.41. The van der Waals surface area contributed by atoms with Gasteiger partial charge in [-0.05, 0) is 42.3 Å². The second-order valence-corrected chi connectivity index (χ2v) is 6.03. The van der Waals surface area contributed by atoms with E-state index < -0.39 is 12.8 Å². The third kappa shape index (κ3) is 7.77. The summed E-state index contributed by atoms with van der Waals surface area (Å²) in [6, 6.07) is 11.4. The van der Waals surface area contributed by atoms with Gasteiger partial charge in [0.25, 0.3) is 5.91 Å². The molecule has 2 aromatic carbocycles. The fourth-order valence-corrected chi connectivity index (χ4v) is 2.40. The number of alkyl halides is 3. The van der Waals surface area contributed by atoms with Crippen molar-refractivity contribution in [1.29, 1.82) is 0 Å². The molecule has 0 aliphatic rings. The molecule has 2 aromatic rings. The molecule has 0 heterocycles. The molecule has 1 N–H and O–H groups in total. The first-order valence-electron chi connectivity index (χ1n) is 8.79. The minimum Gasteiger partial charge on any atom is -0.493 e. The van der Waals surface area contributed by atoms with Gasteiger partial charge in [0.1, 0.15) is 5.75 Å². The van der Waals surface area contributed by atoms with E-state index in [9.17, 15) is 18.0 Å². The Morgan fingerprint density at radius 3 is 2.59 bits per heavy atom. The third-order valence-electron chi connectivity index (χ3n) is 3.70. The van der Waals surface area contributed by atoms with Crippen LogP contribution in [0.15, 0.2) is 48.5 Å². The van der Waals surface area contributed by atoms with Crippen molar-refractivity contribution in [1.82, 2.24) is 5.32 Å². The van der Waals surface area contributed by atoms with Crippen LogP contribution in [0.1, 0.15) is 18.1 Å². The highest BCUT2D eigenvalue weighted by Gasteiger charge is 2.28. The fraction of sp³-hybridized carbons (Fsp3) is 0.286. The van der Waals surface area contributed by atoms with Gasteiger partial charge in [0.15, 0.2) is 24.7 Å². The average molecular weight is 409 g/mol. The molecule has 0 fully saturated rings. The minimum absolute atomic E-state index is 0.0799. The van der Waals surface area contributed by atoms with Crippen molar-refractivity contribution in [3.8, 4) is 17.2 Å². The van der Waals surface area contributed by atoms with E-state index in [4.69, 9.17) is 14.2 Å². The van der Waals surface area contributed by atoms with Gasteiger partial charge in [-0.2, -0.15) is 13.2 Å². The van der Waals surface area contributed by atoms with E-state index in [-0.39, 0.29) is 24.8 Å². The van der Waals surface area contributed by atoms with Gasteiger partial charge in [-0.1, -0.05) is 30.4 Å². The van der Waals surface area contributed by atoms with Gasteiger partial charge in [0.2, 0.25) is 0 Å². The molecule has 0 unspecified atom stereocenters. The predicted molar refractivity (Wildman–Crippen MR) is 103 cm³/mol. The van der Waals surface area contributed by atoms with Crippen LogP contribution < -0.4 is 19.5 Å². The predicted octanol–water partition coefficient (Wildman–Crippen LogP) is 4.36. The summed E-state index contributed by atoms with van der Waals surface area (Å²) in [5.74, 6) is 0.629. The summed E-state index contributed by atoms with van der Waals surface area (Å²) in [4.78, 5) is 12.0. The third-order valence-corrected chi connectivity index (χ3v) is 3.70. The number of hydrogen-bond acceptors (Lipinski definition) is 4. The van der Waals surface area contributed by atoms with Crippen molar-refractivity contribution < 1.29 is 32.2 Å². The summed E-state index contributed by atoms with van der Waals surface area (Å²) >= 11 is 0. The van der Waals surface area contributed by atoms with Gasteiger partial charge in [0, 0.05) is 6.54 Å². The standard InChI is InChI=1S/C21H22F3NO4/c1-3-5-15-8-9-18(19(11-15)27-2)28-13-20(26)25-12-16-6-4-7-17(10-16)29-14-21(22,23)24/h3-11H,12-14H2,1-2H3,(H,25,26). The number of carbonyl (C=O) groups is 1. The summed E-state index contributed by atoms with van der Waals surface area (Å²) in [5.41, 5.74) is 1.54. The molecule has 0 aliphatic carbocycles. The molecule has 0 saturated heterocycles. The van der Waals surface area contributed by atoms with Crippen LogP contribution in [0.3, 0.4) is 0 Å². The summed E-state index contributed by atoms with van der Waals surface area (Å²) in [5, 5.41) is 2.64. The Balaban J connectivity index is 1.86. The Kier molecular flexibility index (Phi) is 7.94. The highest BCUT2D eigenvalue weighted by molar-refractivity contribution is 5.77. The van der Waals surface area contributed by atoms with E-state index in [1.807, 2.05) is 25.1 Å². The molecule has 0 saturated carbocycles. The van der Waals surface area contributed by atoms with Crippen LogP contribution in [0.2, 0.25) is 0 Å². The van der Waals surface area contributed by atoms with Crippen LogP contribution in [-0.4, -0.2) is 32.4 Å². The number of benzene rings is 2. The molecule has 0 radical (unpaired) electrons. The topological polar surface area (TPSA) is 56.8 Å². The van der Waals surface area contributed by atoms with Crippen LogP contribution >= 0.6 is 0 Å². The zero-order valence-electron chi connectivity index (χ0n) is 16.1. The molecular formula is C21H22F3NO4. The van der Waals surface area contributed by atoms with E-state index in [0.29, 0.717) is 17.1 Å². The zero-order chi connectivity index (χ0) is 21.3.